The van der Waals surface area contributed by atoms with Crippen molar-refractivity contribution < 1.29 is 28.7 Å². The first kappa shape index (κ1) is 23.6. The third-order valence-electron chi connectivity index (χ3n) is 5.59. The van der Waals surface area contributed by atoms with Gasteiger partial charge in [-0.3, -0.25) is 0 Å². The summed E-state index contributed by atoms with van der Waals surface area (Å²) >= 11 is 4.64. The third-order valence-corrected chi connectivity index (χ3v) is 8.60. The molecule has 0 atom stereocenters. The molecule has 180 valence electrons. The van der Waals surface area contributed by atoms with Crippen molar-refractivity contribution in [2.24, 2.45) is 0 Å². The Balaban J connectivity index is 1.09. The molecule has 0 saturated carbocycles. The Morgan fingerprint density at radius 1 is 0.351 bits per heavy atom. The van der Waals surface area contributed by atoms with E-state index in [4.69, 9.17) is 0 Å². The lowest BCUT2D eigenvalue weighted by Gasteiger charge is -2.07. The van der Waals surface area contributed by atoms with Gasteiger partial charge in [0, 0.05) is 29.4 Å². The van der Waals surface area contributed by atoms with Crippen molar-refractivity contribution >= 4 is 59.2 Å². The van der Waals surface area contributed by atoms with Crippen molar-refractivity contribution in [3.8, 4) is 0 Å². The fraction of sp³-hybridized carbons (Fsp3) is 0. The van der Waals surface area contributed by atoms with E-state index in [-0.39, 0.29) is 0 Å². The fourth-order valence-corrected chi connectivity index (χ4v) is 6.35. The average Bonchev–Trinajstić information content (AvgIpc) is 3.34. The van der Waals surface area contributed by atoms with Crippen LogP contribution < -0.4 is 0 Å². The number of esters is 4. The van der Waals surface area contributed by atoms with Crippen LogP contribution in [0, 0.1) is 0 Å². The van der Waals surface area contributed by atoms with E-state index in [0.717, 1.165) is 29.4 Å². The zero-order valence-electron chi connectivity index (χ0n) is 18.8. The summed E-state index contributed by atoms with van der Waals surface area (Å²) in [4.78, 5) is 52.7. The summed E-state index contributed by atoms with van der Waals surface area (Å²) in [6.07, 6.45) is 0. The van der Waals surface area contributed by atoms with Crippen LogP contribution in [0.3, 0.4) is 0 Å². The van der Waals surface area contributed by atoms with Crippen LogP contribution in [0.15, 0.2) is 114 Å². The summed E-state index contributed by atoms with van der Waals surface area (Å²) < 4.78 is 9.30. The summed E-state index contributed by atoms with van der Waals surface area (Å²) in [6.45, 7) is 0. The van der Waals surface area contributed by atoms with Crippen LogP contribution in [0.1, 0.15) is 41.4 Å². The molecule has 0 aromatic heterocycles. The molecule has 0 amide bonds. The van der Waals surface area contributed by atoms with Crippen molar-refractivity contribution in [1.82, 2.24) is 0 Å². The molecule has 0 bridgehead atoms. The molecule has 0 fully saturated rings. The van der Waals surface area contributed by atoms with E-state index in [1.54, 1.807) is 48.2 Å². The molecule has 0 aliphatic carbocycles. The SMILES string of the molecule is O=C1OC(=O)c2cc(Sc3ccc(Sc4ccc(Sc5ccc6c(c5)C(=O)OC6=O)cc4)cc3)ccc21. The van der Waals surface area contributed by atoms with Gasteiger partial charge in [0.1, 0.15) is 0 Å². The number of rotatable bonds is 6. The lowest BCUT2D eigenvalue weighted by Crippen LogP contribution is -1.96. The number of fused-ring (bicyclic) bond motifs is 2. The first-order valence-electron chi connectivity index (χ1n) is 11.0. The van der Waals surface area contributed by atoms with Gasteiger partial charge < -0.3 is 9.47 Å². The molecule has 2 aliphatic heterocycles. The Labute approximate surface area is 223 Å². The van der Waals surface area contributed by atoms with Crippen LogP contribution in [0.2, 0.25) is 0 Å². The second-order valence-corrected chi connectivity index (χ2v) is 11.5. The normalized spacial score (nSPS) is 13.8. The molecule has 0 radical (unpaired) electrons. The largest absolute Gasteiger partial charge is 0.386 e. The van der Waals surface area contributed by atoms with Crippen LogP contribution in [-0.2, 0) is 9.47 Å². The molecule has 0 unspecified atom stereocenters. The van der Waals surface area contributed by atoms with Gasteiger partial charge in [0.2, 0.25) is 0 Å². The summed E-state index contributed by atoms with van der Waals surface area (Å²) in [6, 6.07) is 26.4. The Hall–Kier alpha value is -3.79. The van der Waals surface area contributed by atoms with Crippen LogP contribution >= 0.6 is 35.3 Å². The average molecular weight is 543 g/mol. The molecule has 2 aliphatic rings. The predicted molar refractivity (Wildman–Crippen MR) is 138 cm³/mol. The smallest absolute Gasteiger partial charge is 0.346 e. The Morgan fingerprint density at radius 3 is 0.973 bits per heavy atom. The molecule has 6 rings (SSSR count). The molecular weight excluding hydrogens is 529 g/mol. The summed E-state index contributed by atoms with van der Waals surface area (Å²) in [5, 5.41) is 0. The Kier molecular flexibility index (Phi) is 6.11. The number of ether oxygens (including phenoxy) is 2. The molecule has 0 N–H and O–H groups in total. The van der Waals surface area contributed by atoms with Gasteiger partial charge in [-0.1, -0.05) is 35.3 Å². The van der Waals surface area contributed by atoms with E-state index >= 15 is 0 Å². The van der Waals surface area contributed by atoms with Gasteiger partial charge >= 0.3 is 23.9 Å². The van der Waals surface area contributed by atoms with Crippen molar-refractivity contribution in [3.05, 3.63) is 107 Å². The van der Waals surface area contributed by atoms with Crippen molar-refractivity contribution in [1.29, 1.82) is 0 Å². The van der Waals surface area contributed by atoms with Gasteiger partial charge in [-0.15, -0.1) is 0 Å². The van der Waals surface area contributed by atoms with E-state index in [1.807, 2.05) is 48.5 Å². The second-order valence-electron chi connectivity index (χ2n) is 8.02. The van der Waals surface area contributed by atoms with Crippen LogP contribution in [0.5, 0.6) is 0 Å². The maximum absolute atomic E-state index is 11.8. The lowest BCUT2D eigenvalue weighted by molar-refractivity contribution is 0.0425. The second kappa shape index (κ2) is 9.59. The van der Waals surface area contributed by atoms with Gasteiger partial charge in [0.25, 0.3) is 0 Å². The lowest BCUT2D eigenvalue weighted by atomic mass is 10.1. The minimum Gasteiger partial charge on any atom is -0.386 e. The molecule has 37 heavy (non-hydrogen) atoms. The van der Waals surface area contributed by atoms with E-state index in [1.165, 1.54) is 23.5 Å². The number of hydrogen-bond acceptors (Lipinski definition) is 9. The first-order valence-corrected chi connectivity index (χ1v) is 13.4. The zero-order chi connectivity index (χ0) is 25.5. The number of benzene rings is 4. The van der Waals surface area contributed by atoms with Gasteiger partial charge in [0.05, 0.1) is 22.3 Å². The van der Waals surface area contributed by atoms with E-state index in [9.17, 15) is 19.2 Å². The van der Waals surface area contributed by atoms with Gasteiger partial charge in [-0.25, -0.2) is 19.2 Å². The summed E-state index contributed by atoms with van der Waals surface area (Å²) in [5.41, 5.74) is 1.22. The molecule has 4 aromatic rings. The van der Waals surface area contributed by atoms with E-state index in [0.29, 0.717) is 22.3 Å². The van der Waals surface area contributed by atoms with Gasteiger partial charge in [-0.05, 0) is 84.9 Å². The summed E-state index contributed by atoms with van der Waals surface area (Å²) in [5.74, 6) is -2.41. The van der Waals surface area contributed by atoms with Crippen molar-refractivity contribution in [3.63, 3.8) is 0 Å². The minimum absolute atomic E-state index is 0.303. The Bertz CT molecular complexity index is 1490. The molecule has 9 heteroatoms. The molecular formula is C28H14O6S3. The quantitative estimate of drug-likeness (QED) is 0.194. The standard InChI is InChI=1S/C28H14O6S3/c29-25-21-11-9-19(13-23(21)27(31)33-25)36-17-5-1-15(2-6-17)35-16-3-7-18(8-4-16)37-20-10-12-22-24(14-20)28(32)34-26(22)30/h1-14H. The van der Waals surface area contributed by atoms with Crippen LogP contribution in [0.4, 0.5) is 0 Å². The van der Waals surface area contributed by atoms with Crippen LogP contribution in [0.25, 0.3) is 0 Å². The number of carbonyl (C=O) groups is 4. The molecule has 0 saturated heterocycles. The number of hydrogen-bond donors (Lipinski definition) is 0. The minimum atomic E-state index is -0.605. The zero-order valence-corrected chi connectivity index (χ0v) is 21.2. The maximum Gasteiger partial charge on any atom is 0.346 e. The molecule has 0 spiro atoms. The molecule has 2 heterocycles. The Morgan fingerprint density at radius 2 is 0.622 bits per heavy atom. The van der Waals surface area contributed by atoms with E-state index in [2.05, 4.69) is 9.47 Å². The van der Waals surface area contributed by atoms with E-state index < -0.39 is 23.9 Å². The number of carbonyl (C=O) groups excluding carboxylic acids is 4. The van der Waals surface area contributed by atoms with Gasteiger partial charge in [-0.2, -0.15) is 0 Å². The number of cyclic esters (lactones) is 4. The topological polar surface area (TPSA) is 86.7 Å². The highest BCUT2D eigenvalue weighted by molar-refractivity contribution is 8.00. The van der Waals surface area contributed by atoms with Gasteiger partial charge in [0.15, 0.2) is 0 Å². The third kappa shape index (κ3) is 4.81. The fourth-order valence-electron chi connectivity index (χ4n) is 3.82. The molecule has 6 nitrogen and oxygen atoms in total. The first-order chi connectivity index (χ1) is 17.9. The van der Waals surface area contributed by atoms with Crippen molar-refractivity contribution in [2.45, 2.75) is 29.4 Å². The monoisotopic (exact) mass is 542 g/mol. The van der Waals surface area contributed by atoms with Crippen molar-refractivity contribution in [2.75, 3.05) is 0 Å². The predicted octanol–water partition coefficient (Wildman–Crippen LogP) is 6.76. The van der Waals surface area contributed by atoms with Crippen LogP contribution in [-0.4, -0.2) is 23.9 Å². The highest BCUT2D eigenvalue weighted by Gasteiger charge is 2.30. The summed E-state index contributed by atoms with van der Waals surface area (Å²) in [7, 11) is 0. The highest BCUT2D eigenvalue weighted by atomic mass is 32.2. The molecule has 4 aromatic carbocycles. The highest BCUT2D eigenvalue weighted by Crippen LogP contribution is 2.36. The maximum atomic E-state index is 11.8.